The fourth-order valence-corrected chi connectivity index (χ4v) is 4.82. The number of hydrogen-bond acceptors (Lipinski definition) is 5. The number of carbonyl (C=O) groups excluding carboxylic acids is 3. The molecule has 0 saturated heterocycles. The largest absolute Gasteiger partial charge is 0.464 e. The second-order valence-electron chi connectivity index (χ2n) is 9.41. The fraction of sp³-hybridized carbons (Fsp3) is 0.520. The molecule has 2 heterocycles. The zero-order chi connectivity index (χ0) is 23.8. The van der Waals surface area contributed by atoms with E-state index >= 15 is 0 Å². The Morgan fingerprint density at radius 2 is 1.79 bits per heavy atom. The second kappa shape index (κ2) is 9.00. The molecule has 1 aromatic heterocycles. The Kier molecular flexibility index (Phi) is 6.28. The molecule has 33 heavy (non-hydrogen) atoms. The Labute approximate surface area is 194 Å². The first-order valence-electron chi connectivity index (χ1n) is 11.6. The van der Waals surface area contributed by atoms with Gasteiger partial charge >= 0.3 is 5.97 Å². The van der Waals surface area contributed by atoms with Crippen LogP contribution in [0.5, 0.6) is 0 Å². The van der Waals surface area contributed by atoms with Crippen LogP contribution >= 0.6 is 0 Å². The maximum atomic E-state index is 13.8. The molecule has 2 aliphatic rings. The lowest BCUT2D eigenvalue weighted by Crippen LogP contribution is -2.65. The fourth-order valence-electron chi connectivity index (χ4n) is 4.82. The molecule has 1 aliphatic carbocycles. The summed E-state index contributed by atoms with van der Waals surface area (Å²) in [6, 6.07) is 7.28. The number of fused-ring (bicyclic) bond motifs is 1. The lowest BCUT2D eigenvalue weighted by Gasteiger charge is -2.43. The topological polar surface area (TPSA) is 93.5 Å². The number of carbonyl (C=O) groups is 3. The van der Waals surface area contributed by atoms with Crippen molar-refractivity contribution in [1.82, 2.24) is 15.1 Å². The van der Waals surface area contributed by atoms with Crippen LogP contribution in [-0.2, 0) is 16.1 Å². The summed E-state index contributed by atoms with van der Waals surface area (Å²) < 4.78 is 6.24. The van der Waals surface area contributed by atoms with Gasteiger partial charge in [0.2, 0.25) is 5.91 Å². The van der Waals surface area contributed by atoms with Crippen molar-refractivity contribution in [3.63, 3.8) is 0 Å². The van der Waals surface area contributed by atoms with Crippen molar-refractivity contribution >= 4 is 23.5 Å². The number of nitrogens with one attached hydrogen (secondary N) is 1. The summed E-state index contributed by atoms with van der Waals surface area (Å²) in [6.45, 7) is 5.90. The van der Waals surface area contributed by atoms with Gasteiger partial charge in [-0.3, -0.25) is 19.2 Å². The zero-order valence-electron chi connectivity index (χ0n) is 19.8. The van der Waals surface area contributed by atoms with Gasteiger partial charge in [0.1, 0.15) is 11.2 Å². The quantitative estimate of drug-likeness (QED) is 0.566. The van der Waals surface area contributed by atoms with Gasteiger partial charge in [0, 0.05) is 17.8 Å². The number of aromatic nitrogens is 2. The maximum Gasteiger partial charge on any atom is 0.358 e. The van der Waals surface area contributed by atoms with E-state index in [0.717, 1.165) is 36.8 Å². The Bertz CT molecular complexity index is 1080. The maximum absolute atomic E-state index is 13.8. The van der Waals surface area contributed by atoms with E-state index in [1.165, 1.54) is 30.7 Å². The molecular weight excluding hydrogens is 420 g/mol. The Hall–Kier alpha value is -3.16. The van der Waals surface area contributed by atoms with Crippen LogP contribution in [0.1, 0.15) is 77.6 Å². The van der Waals surface area contributed by atoms with Crippen molar-refractivity contribution in [2.24, 2.45) is 0 Å². The van der Waals surface area contributed by atoms with E-state index in [0.29, 0.717) is 5.69 Å². The van der Waals surface area contributed by atoms with Crippen LogP contribution in [0.15, 0.2) is 24.3 Å². The number of ether oxygens (including phenoxy) is 1. The van der Waals surface area contributed by atoms with Crippen molar-refractivity contribution in [3.8, 4) is 0 Å². The smallest absolute Gasteiger partial charge is 0.358 e. The van der Waals surface area contributed by atoms with Crippen molar-refractivity contribution < 1.29 is 19.1 Å². The highest BCUT2D eigenvalue weighted by atomic mass is 16.5. The monoisotopic (exact) mass is 452 g/mol. The lowest BCUT2D eigenvalue weighted by molar-refractivity contribution is -0.127. The molecule has 176 valence electrons. The van der Waals surface area contributed by atoms with Gasteiger partial charge in [0.05, 0.1) is 13.7 Å². The van der Waals surface area contributed by atoms with Gasteiger partial charge in [-0.2, -0.15) is 5.10 Å². The summed E-state index contributed by atoms with van der Waals surface area (Å²) in [5, 5.41) is 7.51. The third-order valence-electron chi connectivity index (χ3n) is 6.98. The predicted octanol–water partition coefficient (Wildman–Crippen LogP) is 3.54. The molecular formula is C25H32N4O4. The Morgan fingerprint density at radius 3 is 2.42 bits per heavy atom. The van der Waals surface area contributed by atoms with Crippen molar-refractivity contribution in [2.45, 2.75) is 77.4 Å². The van der Waals surface area contributed by atoms with Crippen LogP contribution in [0, 0.1) is 13.8 Å². The first-order chi connectivity index (χ1) is 15.7. The molecule has 1 aromatic carbocycles. The second-order valence-corrected chi connectivity index (χ2v) is 9.41. The summed E-state index contributed by atoms with van der Waals surface area (Å²) in [4.78, 5) is 41.1. The number of benzene rings is 1. The van der Waals surface area contributed by atoms with E-state index in [4.69, 9.17) is 4.74 Å². The van der Waals surface area contributed by atoms with Crippen LogP contribution in [0.2, 0.25) is 0 Å². The van der Waals surface area contributed by atoms with E-state index in [9.17, 15) is 14.4 Å². The van der Waals surface area contributed by atoms with Gasteiger partial charge in [-0.15, -0.1) is 0 Å². The first-order valence-corrected chi connectivity index (χ1v) is 11.6. The van der Waals surface area contributed by atoms with Gasteiger partial charge in [0.15, 0.2) is 5.69 Å². The number of amides is 2. The predicted molar refractivity (Wildman–Crippen MR) is 124 cm³/mol. The van der Waals surface area contributed by atoms with Gasteiger partial charge < -0.3 is 10.1 Å². The summed E-state index contributed by atoms with van der Waals surface area (Å²) in [5.74, 6) is -1.19. The zero-order valence-corrected chi connectivity index (χ0v) is 19.8. The molecule has 1 saturated carbocycles. The van der Waals surface area contributed by atoms with E-state index in [1.807, 2.05) is 32.0 Å². The number of aryl methyl sites for hydroxylation is 2. The third kappa shape index (κ3) is 4.26. The molecule has 0 unspecified atom stereocenters. The van der Waals surface area contributed by atoms with Crippen LogP contribution in [0.4, 0.5) is 5.69 Å². The SMILES string of the molecule is COC(=O)c1cc2n(n1)C[C@@](C)(C(=O)NC1CCCCCC1)N(c1ccc(C)c(C)c1)C2=O. The molecule has 0 radical (unpaired) electrons. The minimum atomic E-state index is -1.21. The summed E-state index contributed by atoms with van der Waals surface area (Å²) in [5.41, 5.74) is 1.88. The molecule has 8 heteroatoms. The van der Waals surface area contributed by atoms with Gasteiger partial charge in [-0.1, -0.05) is 31.7 Å². The van der Waals surface area contributed by atoms with E-state index in [-0.39, 0.29) is 35.8 Å². The first kappa shape index (κ1) is 23.0. The molecule has 1 aliphatic heterocycles. The lowest BCUT2D eigenvalue weighted by atomic mass is 9.92. The molecule has 2 amide bonds. The minimum absolute atomic E-state index is 0.0503. The van der Waals surface area contributed by atoms with Crippen LogP contribution in [0.3, 0.4) is 0 Å². The average Bonchev–Trinajstić information content (AvgIpc) is 3.04. The number of rotatable bonds is 4. The molecule has 0 spiro atoms. The molecule has 0 bridgehead atoms. The molecule has 4 rings (SSSR count). The average molecular weight is 453 g/mol. The molecule has 8 nitrogen and oxygen atoms in total. The normalized spacial score (nSPS) is 21.3. The van der Waals surface area contributed by atoms with Crippen LogP contribution in [0.25, 0.3) is 0 Å². The molecule has 1 atom stereocenters. The van der Waals surface area contributed by atoms with Crippen LogP contribution in [-0.4, -0.2) is 46.3 Å². The highest BCUT2D eigenvalue weighted by Gasteiger charge is 2.49. The van der Waals surface area contributed by atoms with Crippen molar-refractivity contribution in [3.05, 3.63) is 46.8 Å². The number of nitrogens with zero attached hydrogens (tertiary/aromatic N) is 3. The number of methoxy groups -OCH3 is 1. The Balaban J connectivity index is 1.76. The van der Waals surface area contributed by atoms with E-state index < -0.39 is 11.5 Å². The number of hydrogen-bond donors (Lipinski definition) is 1. The summed E-state index contributed by atoms with van der Waals surface area (Å²) in [6.07, 6.45) is 6.44. The molecule has 2 aromatic rings. The highest BCUT2D eigenvalue weighted by Crippen LogP contribution is 2.34. The van der Waals surface area contributed by atoms with E-state index in [2.05, 4.69) is 10.4 Å². The minimum Gasteiger partial charge on any atom is -0.464 e. The number of anilines is 1. The number of esters is 1. The summed E-state index contributed by atoms with van der Waals surface area (Å²) in [7, 11) is 1.27. The van der Waals surface area contributed by atoms with Crippen molar-refractivity contribution in [1.29, 1.82) is 0 Å². The Morgan fingerprint density at radius 1 is 1.09 bits per heavy atom. The molecule has 1 fully saturated rings. The van der Waals surface area contributed by atoms with E-state index in [1.54, 1.807) is 11.8 Å². The van der Waals surface area contributed by atoms with Crippen LogP contribution < -0.4 is 10.2 Å². The van der Waals surface area contributed by atoms with Gasteiger partial charge in [-0.05, 0) is 56.9 Å². The molecule has 1 N–H and O–H groups in total. The van der Waals surface area contributed by atoms with Gasteiger partial charge in [0.25, 0.3) is 5.91 Å². The third-order valence-corrected chi connectivity index (χ3v) is 6.98. The summed E-state index contributed by atoms with van der Waals surface area (Å²) >= 11 is 0. The van der Waals surface area contributed by atoms with Crippen molar-refractivity contribution in [2.75, 3.05) is 12.0 Å². The van der Waals surface area contributed by atoms with Gasteiger partial charge in [-0.25, -0.2) is 4.79 Å². The highest BCUT2D eigenvalue weighted by molar-refractivity contribution is 6.12. The standard InChI is InChI=1S/C25H32N4O4/c1-16-11-12-19(13-17(16)2)29-22(30)21-14-20(23(31)33-4)27-28(21)15-25(29,3)24(32)26-18-9-7-5-6-8-10-18/h11-14,18H,5-10,15H2,1-4H3,(H,26,32)/t25-/m0/s1.